The first-order valence-corrected chi connectivity index (χ1v) is 6.33. The molecule has 0 aliphatic heterocycles. The predicted molar refractivity (Wildman–Crippen MR) is 74.9 cm³/mol. The van der Waals surface area contributed by atoms with Gasteiger partial charge in [-0.2, -0.15) is 0 Å². The summed E-state index contributed by atoms with van der Waals surface area (Å²) in [6, 6.07) is 7.49. The van der Waals surface area contributed by atoms with Crippen LogP contribution >= 0.6 is 11.6 Å². The fourth-order valence-electron chi connectivity index (χ4n) is 1.52. The van der Waals surface area contributed by atoms with Crippen LogP contribution in [0.5, 0.6) is 0 Å². The minimum atomic E-state index is -0.483. The lowest BCUT2D eigenvalue weighted by molar-refractivity contribution is 0.0526. The van der Waals surface area contributed by atoms with E-state index >= 15 is 0 Å². The quantitative estimate of drug-likeness (QED) is 0.872. The van der Waals surface area contributed by atoms with E-state index in [1.165, 1.54) is 18.3 Å². The zero-order chi connectivity index (χ0) is 14.5. The number of carbonyl (C=O) groups excluding carboxylic acids is 1. The number of rotatable bonds is 4. The Hall–Kier alpha value is -2.14. The largest absolute Gasteiger partial charge is 0.462 e. The number of halogens is 2. The zero-order valence-electron chi connectivity index (χ0n) is 10.7. The van der Waals surface area contributed by atoms with Crippen molar-refractivity contribution in [2.75, 3.05) is 11.9 Å². The van der Waals surface area contributed by atoms with Crippen molar-refractivity contribution in [1.82, 2.24) is 4.98 Å². The van der Waals surface area contributed by atoms with Crippen LogP contribution in [0.2, 0.25) is 5.02 Å². The van der Waals surface area contributed by atoms with E-state index in [4.69, 9.17) is 16.3 Å². The molecule has 0 radical (unpaired) electrons. The Balaban J connectivity index is 2.10. The van der Waals surface area contributed by atoms with Crippen molar-refractivity contribution in [1.29, 1.82) is 0 Å². The summed E-state index contributed by atoms with van der Waals surface area (Å²) in [5.41, 5.74) is 0.974. The molecule has 2 rings (SSSR count). The highest BCUT2D eigenvalue weighted by atomic mass is 35.5. The molecule has 1 aromatic heterocycles. The lowest BCUT2D eigenvalue weighted by Gasteiger charge is -2.07. The van der Waals surface area contributed by atoms with Crippen molar-refractivity contribution in [2.24, 2.45) is 0 Å². The van der Waals surface area contributed by atoms with Gasteiger partial charge in [-0.25, -0.2) is 14.2 Å². The molecule has 0 saturated heterocycles. The summed E-state index contributed by atoms with van der Waals surface area (Å²) in [4.78, 5) is 15.5. The number of nitrogens with one attached hydrogen (secondary N) is 1. The Bertz CT molecular complexity index is 617. The fourth-order valence-corrected chi connectivity index (χ4v) is 1.71. The van der Waals surface area contributed by atoms with Crippen LogP contribution in [-0.4, -0.2) is 17.6 Å². The van der Waals surface area contributed by atoms with Crippen molar-refractivity contribution in [3.63, 3.8) is 0 Å². The number of esters is 1. The summed E-state index contributed by atoms with van der Waals surface area (Å²) in [5, 5.41) is 2.98. The SMILES string of the molecule is CCOC(=O)c1ccc(Nc2ccc(F)c(Cl)c2)nc1. The maximum Gasteiger partial charge on any atom is 0.339 e. The summed E-state index contributed by atoms with van der Waals surface area (Å²) in [6.45, 7) is 2.05. The third kappa shape index (κ3) is 3.45. The van der Waals surface area contributed by atoms with E-state index in [-0.39, 0.29) is 5.02 Å². The summed E-state index contributed by atoms with van der Waals surface area (Å²) >= 11 is 5.69. The van der Waals surface area contributed by atoms with Gasteiger partial charge >= 0.3 is 5.97 Å². The van der Waals surface area contributed by atoms with Gasteiger partial charge < -0.3 is 10.1 Å². The van der Waals surface area contributed by atoms with Gasteiger partial charge in [-0.15, -0.1) is 0 Å². The first-order valence-electron chi connectivity index (χ1n) is 5.95. The van der Waals surface area contributed by atoms with Crippen molar-refractivity contribution >= 4 is 29.1 Å². The molecule has 0 saturated carbocycles. The molecule has 20 heavy (non-hydrogen) atoms. The topological polar surface area (TPSA) is 51.2 Å². The van der Waals surface area contributed by atoms with Crippen molar-refractivity contribution in [3.8, 4) is 0 Å². The predicted octanol–water partition coefficient (Wildman–Crippen LogP) is 3.79. The standard InChI is InChI=1S/C14H12ClFN2O2/c1-2-20-14(19)9-3-6-13(17-8-9)18-10-4-5-12(16)11(15)7-10/h3-8H,2H2,1H3,(H,17,18). The molecule has 2 aromatic rings. The number of pyridine rings is 1. The number of ether oxygens (including phenoxy) is 1. The van der Waals surface area contributed by atoms with Crippen LogP contribution < -0.4 is 5.32 Å². The molecular weight excluding hydrogens is 283 g/mol. The molecule has 6 heteroatoms. The van der Waals surface area contributed by atoms with E-state index in [9.17, 15) is 9.18 Å². The zero-order valence-corrected chi connectivity index (χ0v) is 11.4. The molecule has 4 nitrogen and oxygen atoms in total. The van der Waals surface area contributed by atoms with Gasteiger partial charge in [0.2, 0.25) is 0 Å². The van der Waals surface area contributed by atoms with Crippen LogP contribution in [0.15, 0.2) is 36.5 Å². The molecule has 0 unspecified atom stereocenters. The van der Waals surface area contributed by atoms with Crippen LogP contribution in [0.4, 0.5) is 15.9 Å². The molecule has 1 heterocycles. The van der Waals surface area contributed by atoms with Crippen LogP contribution in [0, 0.1) is 5.82 Å². The molecule has 0 bridgehead atoms. The molecule has 0 atom stereocenters. The lowest BCUT2D eigenvalue weighted by atomic mass is 10.2. The number of anilines is 2. The molecule has 0 aliphatic carbocycles. The summed E-state index contributed by atoms with van der Waals surface area (Å²) in [5.74, 6) is -0.389. The molecule has 0 spiro atoms. The van der Waals surface area contributed by atoms with Gasteiger partial charge in [-0.1, -0.05) is 11.6 Å². The van der Waals surface area contributed by atoms with Gasteiger partial charge in [-0.05, 0) is 37.3 Å². The highest BCUT2D eigenvalue weighted by Gasteiger charge is 2.07. The number of carbonyl (C=O) groups is 1. The number of benzene rings is 1. The second kappa shape index (κ2) is 6.34. The first kappa shape index (κ1) is 14.3. The van der Waals surface area contributed by atoms with E-state index in [1.807, 2.05) is 0 Å². The Morgan fingerprint density at radius 2 is 2.20 bits per heavy atom. The number of hydrogen-bond acceptors (Lipinski definition) is 4. The maximum atomic E-state index is 13.0. The monoisotopic (exact) mass is 294 g/mol. The van der Waals surface area contributed by atoms with Crippen LogP contribution in [0.25, 0.3) is 0 Å². The number of hydrogen-bond donors (Lipinski definition) is 1. The Labute approximate surface area is 120 Å². The molecule has 1 N–H and O–H groups in total. The van der Waals surface area contributed by atoms with Gasteiger partial charge in [0.15, 0.2) is 0 Å². The Morgan fingerprint density at radius 3 is 2.80 bits per heavy atom. The highest BCUT2D eigenvalue weighted by Crippen LogP contribution is 2.21. The van der Waals surface area contributed by atoms with Gasteiger partial charge in [0.1, 0.15) is 11.6 Å². The number of aromatic nitrogens is 1. The maximum absolute atomic E-state index is 13.0. The van der Waals surface area contributed by atoms with Crippen molar-refractivity contribution in [2.45, 2.75) is 6.92 Å². The molecule has 0 fully saturated rings. The van der Waals surface area contributed by atoms with E-state index in [0.29, 0.717) is 23.7 Å². The van der Waals surface area contributed by atoms with E-state index in [2.05, 4.69) is 10.3 Å². The third-order valence-electron chi connectivity index (χ3n) is 2.47. The summed E-state index contributed by atoms with van der Waals surface area (Å²) in [6.07, 6.45) is 1.41. The third-order valence-corrected chi connectivity index (χ3v) is 2.76. The average molecular weight is 295 g/mol. The smallest absolute Gasteiger partial charge is 0.339 e. The molecule has 0 amide bonds. The number of nitrogens with zero attached hydrogens (tertiary/aromatic N) is 1. The van der Waals surface area contributed by atoms with E-state index < -0.39 is 11.8 Å². The van der Waals surface area contributed by atoms with E-state index in [0.717, 1.165) is 0 Å². The van der Waals surface area contributed by atoms with Gasteiger partial charge in [0, 0.05) is 11.9 Å². The highest BCUT2D eigenvalue weighted by molar-refractivity contribution is 6.31. The Kier molecular flexibility index (Phi) is 4.53. The lowest BCUT2D eigenvalue weighted by Crippen LogP contribution is -2.05. The fraction of sp³-hybridized carbons (Fsp3) is 0.143. The molecule has 1 aromatic carbocycles. The van der Waals surface area contributed by atoms with Crippen LogP contribution in [0.1, 0.15) is 17.3 Å². The van der Waals surface area contributed by atoms with Gasteiger partial charge in [0.25, 0.3) is 0 Å². The van der Waals surface area contributed by atoms with Crippen LogP contribution in [0.3, 0.4) is 0 Å². The van der Waals surface area contributed by atoms with E-state index in [1.54, 1.807) is 25.1 Å². The molecule has 0 aliphatic rings. The second-order valence-corrected chi connectivity index (χ2v) is 4.31. The average Bonchev–Trinajstić information content (AvgIpc) is 2.44. The summed E-state index contributed by atoms with van der Waals surface area (Å²) in [7, 11) is 0. The normalized spacial score (nSPS) is 10.2. The first-order chi connectivity index (χ1) is 9.60. The van der Waals surface area contributed by atoms with Gasteiger partial charge in [0.05, 0.1) is 17.2 Å². The van der Waals surface area contributed by atoms with Gasteiger partial charge in [-0.3, -0.25) is 0 Å². The van der Waals surface area contributed by atoms with Crippen molar-refractivity contribution < 1.29 is 13.9 Å². The van der Waals surface area contributed by atoms with Crippen molar-refractivity contribution in [3.05, 3.63) is 52.9 Å². The van der Waals surface area contributed by atoms with Crippen LogP contribution in [-0.2, 0) is 4.74 Å². The summed E-state index contributed by atoms with van der Waals surface area (Å²) < 4.78 is 17.9. The second-order valence-electron chi connectivity index (χ2n) is 3.91. The molecular formula is C14H12ClFN2O2. The Morgan fingerprint density at radius 1 is 1.40 bits per heavy atom. The minimum Gasteiger partial charge on any atom is -0.462 e. The minimum absolute atomic E-state index is 0.0261. The molecule has 104 valence electrons.